The van der Waals surface area contributed by atoms with E-state index in [0.717, 1.165) is 0 Å². The summed E-state index contributed by atoms with van der Waals surface area (Å²) < 4.78 is 6.69. The lowest BCUT2D eigenvalue weighted by Crippen LogP contribution is -2.20. The highest BCUT2D eigenvalue weighted by atomic mass is 79.9. The van der Waals surface area contributed by atoms with Crippen LogP contribution >= 0.6 is 62.3 Å². The number of alkyl halides is 1. The zero-order chi connectivity index (χ0) is 23.3. The van der Waals surface area contributed by atoms with Gasteiger partial charge in [-0.2, -0.15) is 5.10 Å². The molecule has 1 aromatic carbocycles. The van der Waals surface area contributed by atoms with Crippen molar-refractivity contribution >= 4 is 85.7 Å². The fourth-order valence-corrected chi connectivity index (χ4v) is 3.78. The summed E-state index contributed by atoms with van der Waals surface area (Å²) in [5.41, 5.74) is 0.373. The van der Waals surface area contributed by atoms with E-state index in [1.54, 1.807) is 12.1 Å². The fourth-order valence-electron chi connectivity index (χ4n) is 2.55. The number of pyridine rings is 1. The van der Waals surface area contributed by atoms with Crippen molar-refractivity contribution in [2.24, 2.45) is 0 Å². The molecular weight excluding hydrogens is 568 g/mol. The summed E-state index contributed by atoms with van der Waals surface area (Å²) in [6.45, 7) is 0.128. The standard InChI is InChI=1S/C19H14BrCl4N5O3/c20-15-9-14(29(28-15)17-11(23)3-1-5-25-17)18(30)27-16-12(24)7-10(22)8-13(16)26-19(31)32-6-2-4-21/h1,3,5,7-9H,2,4,6H2,(H,26,31)(H,27,30). The lowest BCUT2D eigenvalue weighted by molar-refractivity contribution is 0.101. The van der Waals surface area contributed by atoms with Crippen LogP contribution < -0.4 is 10.6 Å². The van der Waals surface area contributed by atoms with Crippen LogP contribution in [0.3, 0.4) is 0 Å². The number of halogens is 5. The Morgan fingerprint density at radius 1 is 1.12 bits per heavy atom. The minimum Gasteiger partial charge on any atom is -0.449 e. The number of ether oxygens (including phenoxy) is 1. The van der Waals surface area contributed by atoms with Crippen LogP contribution in [-0.2, 0) is 4.74 Å². The molecule has 0 unspecified atom stereocenters. The number of hydrogen-bond acceptors (Lipinski definition) is 5. The van der Waals surface area contributed by atoms with Crippen LogP contribution in [0.1, 0.15) is 16.9 Å². The Morgan fingerprint density at radius 2 is 1.91 bits per heavy atom. The summed E-state index contributed by atoms with van der Waals surface area (Å²) in [4.78, 5) is 29.4. The summed E-state index contributed by atoms with van der Waals surface area (Å²) in [6, 6.07) is 7.61. The van der Waals surface area contributed by atoms with E-state index in [9.17, 15) is 9.59 Å². The van der Waals surface area contributed by atoms with Gasteiger partial charge in [0.05, 0.1) is 28.0 Å². The molecule has 2 N–H and O–H groups in total. The summed E-state index contributed by atoms with van der Waals surface area (Å²) >= 11 is 27.4. The van der Waals surface area contributed by atoms with E-state index in [-0.39, 0.29) is 39.5 Å². The first-order chi connectivity index (χ1) is 15.3. The Labute approximate surface area is 211 Å². The van der Waals surface area contributed by atoms with E-state index in [4.69, 9.17) is 51.1 Å². The van der Waals surface area contributed by atoms with Crippen molar-refractivity contribution in [1.82, 2.24) is 14.8 Å². The first-order valence-corrected chi connectivity index (χ1v) is 11.4. The van der Waals surface area contributed by atoms with Crippen LogP contribution in [0.5, 0.6) is 0 Å². The molecule has 0 aliphatic carbocycles. The van der Waals surface area contributed by atoms with Gasteiger partial charge in [-0.3, -0.25) is 10.1 Å². The molecule has 0 atom stereocenters. The van der Waals surface area contributed by atoms with E-state index < -0.39 is 12.0 Å². The Balaban J connectivity index is 1.91. The second-order valence-electron chi connectivity index (χ2n) is 6.14. The number of rotatable bonds is 7. The number of carbonyl (C=O) groups is 2. The van der Waals surface area contributed by atoms with Gasteiger partial charge in [-0.05, 0) is 46.6 Å². The minimum atomic E-state index is -0.753. The molecule has 2 amide bonds. The second kappa shape index (κ2) is 11.2. The van der Waals surface area contributed by atoms with Gasteiger partial charge in [0, 0.05) is 23.2 Å². The highest BCUT2D eigenvalue weighted by Crippen LogP contribution is 2.35. The average molecular weight is 582 g/mol. The van der Waals surface area contributed by atoms with Crippen molar-refractivity contribution in [3.63, 3.8) is 0 Å². The third kappa shape index (κ3) is 6.05. The van der Waals surface area contributed by atoms with Crippen LogP contribution in [0.2, 0.25) is 15.1 Å². The number of nitrogens with zero attached hydrogens (tertiary/aromatic N) is 3. The SMILES string of the molecule is O=C(Nc1cc(Cl)cc(Cl)c1NC(=O)c1cc(Br)nn1-c1ncccc1Cl)OCCCCl. The van der Waals surface area contributed by atoms with Gasteiger partial charge >= 0.3 is 6.09 Å². The van der Waals surface area contributed by atoms with E-state index >= 15 is 0 Å². The van der Waals surface area contributed by atoms with Crippen LogP contribution in [-0.4, -0.2) is 39.3 Å². The largest absolute Gasteiger partial charge is 0.449 e. The van der Waals surface area contributed by atoms with E-state index in [2.05, 4.69) is 36.6 Å². The highest BCUT2D eigenvalue weighted by Gasteiger charge is 2.21. The summed E-state index contributed by atoms with van der Waals surface area (Å²) in [5, 5.41) is 10.0. The van der Waals surface area contributed by atoms with E-state index in [1.165, 1.54) is 29.1 Å². The van der Waals surface area contributed by atoms with Crippen molar-refractivity contribution in [2.45, 2.75) is 6.42 Å². The molecule has 2 aromatic heterocycles. The molecule has 0 saturated heterocycles. The highest BCUT2D eigenvalue weighted by molar-refractivity contribution is 9.10. The van der Waals surface area contributed by atoms with Gasteiger partial charge in [0.15, 0.2) is 5.82 Å². The second-order valence-corrected chi connectivity index (χ2v) is 8.58. The number of amides is 2. The van der Waals surface area contributed by atoms with Crippen LogP contribution in [0.25, 0.3) is 5.82 Å². The molecular formula is C19H14BrCl4N5O3. The molecule has 3 rings (SSSR count). The van der Waals surface area contributed by atoms with Crippen molar-refractivity contribution in [3.8, 4) is 5.82 Å². The third-order valence-corrected chi connectivity index (χ3v) is 5.36. The molecule has 0 spiro atoms. The van der Waals surface area contributed by atoms with Gasteiger partial charge in [0.2, 0.25) is 0 Å². The van der Waals surface area contributed by atoms with Gasteiger partial charge in [0.1, 0.15) is 10.3 Å². The molecule has 2 heterocycles. The Bertz CT molecular complexity index is 1160. The molecule has 0 fully saturated rings. The summed E-state index contributed by atoms with van der Waals surface area (Å²) in [6.07, 6.45) is 1.26. The maximum absolute atomic E-state index is 13.1. The van der Waals surface area contributed by atoms with Gasteiger partial charge in [-0.1, -0.05) is 34.8 Å². The molecule has 3 aromatic rings. The molecule has 0 aliphatic rings. The normalized spacial score (nSPS) is 10.7. The van der Waals surface area contributed by atoms with Crippen molar-refractivity contribution in [3.05, 3.63) is 61.9 Å². The quantitative estimate of drug-likeness (QED) is 0.248. The minimum absolute atomic E-state index is 0.0999. The fraction of sp³-hybridized carbons (Fsp3) is 0.158. The monoisotopic (exact) mass is 579 g/mol. The summed E-state index contributed by atoms with van der Waals surface area (Å²) in [7, 11) is 0. The number of aromatic nitrogens is 3. The van der Waals surface area contributed by atoms with E-state index in [1.807, 2.05) is 0 Å². The zero-order valence-corrected chi connectivity index (χ0v) is 20.7. The number of hydrogen-bond donors (Lipinski definition) is 2. The summed E-state index contributed by atoms with van der Waals surface area (Å²) in [5.74, 6) is 0.0160. The van der Waals surface area contributed by atoms with Crippen molar-refractivity contribution in [2.75, 3.05) is 23.1 Å². The Morgan fingerprint density at radius 3 is 2.62 bits per heavy atom. The molecule has 32 heavy (non-hydrogen) atoms. The smallest absolute Gasteiger partial charge is 0.411 e. The van der Waals surface area contributed by atoms with Gasteiger partial charge in [-0.15, -0.1) is 11.6 Å². The maximum atomic E-state index is 13.1. The van der Waals surface area contributed by atoms with Gasteiger partial charge < -0.3 is 10.1 Å². The maximum Gasteiger partial charge on any atom is 0.411 e. The Kier molecular flexibility index (Phi) is 8.61. The Hall–Kier alpha value is -2.04. The van der Waals surface area contributed by atoms with Crippen LogP contribution in [0.4, 0.5) is 16.2 Å². The first-order valence-electron chi connectivity index (χ1n) is 8.96. The zero-order valence-electron chi connectivity index (χ0n) is 16.0. The third-order valence-electron chi connectivity index (χ3n) is 3.89. The lowest BCUT2D eigenvalue weighted by Gasteiger charge is -2.15. The number of anilines is 2. The number of nitrogens with one attached hydrogen (secondary N) is 2. The molecule has 0 radical (unpaired) electrons. The van der Waals surface area contributed by atoms with Crippen molar-refractivity contribution in [1.29, 1.82) is 0 Å². The average Bonchev–Trinajstić information content (AvgIpc) is 3.12. The topological polar surface area (TPSA) is 98.1 Å². The lowest BCUT2D eigenvalue weighted by atomic mass is 10.2. The van der Waals surface area contributed by atoms with Crippen LogP contribution in [0, 0.1) is 0 Å². The first kappa shape index (κ1) is 24.6. The number of benzene rings is 1. The van der Waals surface area contributed by atoms with Crippen molar-refractivity contribution < 1.29 is 14.3 Å². The van der Waals surface area contributed by atoms with Gasteiger partial charge in [-0.25, -0.2) is 14.5 Å². The molecule has 0 saturated carbocycles. The molecule has 0 aliphatic heterocycles. The number of carbonyl (C=O) groups excluding carboxylic acids is 2. The van der Waals surface area contributed by atoms with Crippen LogP contribution in [0.15, 0.2) is 41.1 Å². The molecule has 168 valence electrons. The van der Waals surface area contributed by atoms with Gasteiger partial charge in [0.25, 0.3) is 5.91 Å². The molecule has 8 nitrogen and oxygen atoms in total. The predicted octanol–water partition coefficient (Wildman–Crippen LogP) is 6.42. The van der Waals surface area contributed by atoms with E-state index in [0.29, 0.717) is 21.9 Å². The molecule has 0 bridgehead atoms. The predicted molar refractivity (Wildman–Crippen MR) is 129 cm³/mol. The molecule has 13 heteroatoms.